The van der Waals surface area contributed by atoms with Crippen molar-refractivity contribution < 1.29 is 0 Å². The van der Waals surface area contributed by atoms with E-state index in [1.807, 2.05) is 36.4 Å². The lowest BCUT2D eigenvalue weighted by Gasteiger charge is -2.11. The second kappa shape index (κ2) is 10.5. The van der Waals surface area contributed by atoms with Crippen molar-refractivity contribution in [1.29, 1.82) is 0 Å². The van der Waals surface area contributed by atoms with Crippen LogP contribution in [0.1, 0.15) is 11.4 Å². The molecule has 170 valence electrons. The zero-order chi connectivity index (χ0) is 24.0. The third-order valence-electron chi connectivity index (χ3n) is 4.44. The Morgan fingerprint density at radius 1 is 0.818 bits per heavy atom. The Morgan fingerprint density at radius 3 is 1.88 bits per heavy atom. The molecule has 13 heteroatoms. The highest BCUT2D eigenvalue weighted by Crippen LogP contribution is 2.10. The van der Waals surface area contributed by atoms with Crippen LogP contribution in [0, 0.1) is 9.54 Å². The summed E-state index contributed by atoms with van der Waals surface area (Å²) < 4.78 is 3.69. The molecule has 33 heavy (non-hydrogen) atoms. The van der Waals surface area contributed by atoms with Crippen molar-refractivity contribution in [2.45, 2.75) is 13.1 Å². The normalized spacial score (nSPS) is 10.3. The van der Waals surface area contributed by atoms with Gasteiger partial charge < -0.3 is 17.2 Å². The molecule has 8 N–H and O–H groups in total. The fraction of sp³-hybridized carbons (Fsp3) is 0.100. The van der Waals surface area contributed by atoms with Gasteiger partial charge in [-0.25, -0.2) is 0 Å². The van der Waals surface area contributed by atoms with Crippen molar-refractivity contribution in [3.8, 4) is 0 Å². The van der Waals surface area contributed by atoms with Gasteiger partial charge in [-0.1, -0.05) is 12.1 Å². The summed E-state index contributed by atoms with van der Waals surface area (Å²) in [7, 11) is 0. The Labute approximate surface area is 197 Å². The first-order chi connectivity index (χ1) is 15.8. The first-order valence-electron chi connectivity index (χ1n) is 9.53. The summed E-state index contributed by atoms with van der Waals surface area (Å²) in [6.45, 7) is 0.814. The minimum atomic E-state index is -0.468. The van der Waals surface area contributed by atoms with E-state index in [-0.39, 0.29) is 21.8 Å². The summed E-state index contributed by atoms with van der Waals surface area (Å²) in [5.41, 5.74) is 17.8. The van der Waals surface area contributed by atoms with E-state index in [0.717, 1.165) is 11.4 Å². The topological polar surface area (TPSA) is 179 Å². The number of rotatable bonds is 4. The Balaban J connectivity index is 0.000000186. The lowest BCUT2D eigenvalue weighted by Crippen LogP contribution is -2.22. The number of nitrogens with zero attached hydrogens (tertiary/aromatic N) is 4. The van der Waals surface area contributed by atoms with Crippen molar-refractivity contribution in [2.24, 2.45) is 0 Å². The van der Waals surface area contributed by atoms with Gasteiger partial charge in [0.15, 0.2) is 9.54 Å². The number of aromatic nitrogens is 6. The van der Waals surface area contributed by atoms with Gasteiger partial charge >= 0.3 is 0 Å². The predicted octanol–water partition coefficient (Wildman–Crippen LogP) is 1.44. The van der Waals surface area contributed by atoms with Gasteiger partial charge in [-0.05, 0) is 48.7 Å². The molecule has 0 amide bonds. The molecule has 0 aromatic carbocycles. The maximum Gasteiger partial charge on any atom is 0.277 e. The van der Waals surface area contributed by atoms with Crippen molar-refractivity contribution in [3.05, 3.63) is 96.5 Å². The van der Waals surface area contributed by atoms with Crippen molar-refractivity contribution >= 4 is 41.8 Å². The van der Waals surface area contributed by atoms with Gasteiger partial charge in [-0.2, -0.15) is 0 Å². The summed E-state index contributed by atoms with van der Waals surface area (Å²) in [6, 6.07) is 12.4. The Bertz CT molecular complexity index is 1480. The SMILES string of the molecule is Nc1c(N)n(Cc2ccccn2)c(=S)[nH]c1=O.Nc1cc(=O)[nH]c(=S)n1Cc1ccccn1. The molecule has 0 fully saturated rings. The van der Waals surface area contributed by atoms with Crippen LogP contribution in [-0.4, -0.2) is 29.1 Å². The van der Waals surface area contributed by atoms with E-state index in [1.165, 1.54) is 10.6 Å². The molecule has 0 atom stereocenters. The van der Waals surface area contributed by atoms with Crippen LogP contribution in [0.4, 0.5) is 17.3 Å². The zero-order valence-corrected chi connectivity index (χ0v) is 18.9. The highest BCUT2D eigenvalue weighted by Gasteiger charge is 2.08. The van der Waals surface area contributed by atoms with Gasteiger partial charge in [-0.15, -0.1) is 0 Å². The fourth-order valence-corrected chi connectivity index (χ4v) is 3.30. The van der Waals surface area contributed by atoms with Crippen LogP contribution in [0.25, 0.3) is 0 Å². The van der Waals surface area contributed by atoms with Crippen molar-refractivity contribution in [2.75, 3.05) is 17.2 Å². The van der Waals surface area contributed by atoms with Gasteiger partial charge in [0.2, 0.25) is 0 Å². The third-order valence-corrected chi connectivity index (χ3v) is 5.08. The molecule has 11 nitrogen and oxygen atoms in total. The van der Waals surface area contributed by atoms with Crippen LogP contribution in [0.2, 0.25) is 0 Å². The lowest BCUT2D eigenvalue weighted by atomic mass is 10.3. The van der Waals surface area contributed by atoms with Gasteiger partial charge in [0.25, 0.3) is 11.1 Å². The molecule has 0 aliphatic heterocycles. The molecule has 0 aliphatic rings. The van der Waals surface area contributed by atoms with Crippen LogP contribution in [0.5, 0.6) is 0 Å². The lowest BCUT2D eigenvalue weighted by molar-refractivity contribution is 0.739. The van der Waals surface area contributed by atoms with E-state index in [4.69, 9.17) is 41.6 Å². The largest absolute Gasteiger partial charge is 0.391 e. The highest BCUT2D eigenvalue weighted by molar-refractivity contribution is 7.71. The van der Waals surface area contributed by atoms with Crippen LogP contribution >= 0.6 is 24.4 Å². The number of anilines is 3. The van der Waals surface area contributed by atoms with Crippen LogP contribution in [0.3, 0.4) is 0 Å². The molecular weight excluding hydrogens is 462 g/mol. The summed E-state index contributed by atoms with van der Waals surface area (Å²) in [6.07, 6.45) is 3.37. The zero-order valence-electron chi connectivity index (χ0n) is 17.3. The van der Waals surface area contributed by atoms with Crippen LogP contribution in [-0.2, 0) is 13.1 Å². The smallest absolute Gasteiger partial charge is 0.277 e. The number of aromatic amines is 2. The summed E-state index contributed by atoms with van der Waals surface area (Å²) >= 11 is 10.1. The Kier molecular flexibility index (Phi) is 7.48. The number of nitrogen functional groups attached to an aromatic ring is 3. The first-order valence-corrected chi connectivity index (χ1v) is 10.4. The number of nitrogens with one attached hydrogen (secondary N) is 2. The van der Waals surface area contributed by atoms with Crippen LogP contribution < -0.4 is 28.3 Å². The Hall–Kier alpha value is -4.10. The average molecular weight is 484 g/mol. The number of hydrogen-bond donors (Lipinski definition) is 5. The Morgan fingerprint density at radius 2 is 1.36 bits per heavy atom. The number of hydrogen-bond acceptors (Lipinski definition) is 9. The van der Waals surface area contributed by atoms with E-state index in [0.29, 0.717) is 23.7 Å². The van der Waals surface area contributed by atoms with Gasteiger partial charge in [-0.3, -0.25) is 38.7 Å². The predicted molar refractivity (Wildman–Crippen MR) is 132 cm³/mol. The molecule has 0 saturated carbocycles. The molecule has 0 unspecified atom stereocenters. The van der Waals surface area contributed by atoms with Gasteiger partial charge in [0.1, 0.15) is 17.3 Å². The molecule has 0 bridgehead atoms. The first kappa shape index (κ1) is 23.6. The van der Waals surface area contributed by atoms with E-state index in [1.54, 1.807) is 17.0 Å². The molecule has 4 heterocycles. The minimum absolute atomic E-state index is 0.0328. The standard InChI is InChI=1S/C10H11N5OS.C10H10N4OS/c11-7-8(12)15(10(17)14-9(7)16)5-6-3-1-2-4-13-6;11-8-5-9(15)13-10(16)14(8)6-7-3-1-2-4-12-7/h1-4H,5,11-12H2,(H,14,16,17);1-5H,6,11H2,(H,13,15,16). The quantitative estimate of drug-likeness (QED) is 0.268. The molecular formula is C20H21N9O2S2. The third kappa shape index (κ3) is 5.99. The molecule has 0 spiro atoms. The van der Waals surface area contributed by atoms with Crippen LogP contribution in [0.15, 0.2) is 64.4 Å². The van der Waals surface area contributed by atoms with E-state index >= 15 is 0 Å². The second-order valence-electron chi connectivity index (χ2n) is 6.74. The summed E-state index contributed by atoms with van der Waals surface area (Å²) in [5.74, 6) is 0.490. The summed E-state index contributed by atoms with van der Waals surface area (Å²) in [4.78, 5) is 35.7. The van der Waals surface area contributed by atoms with Gasteiger partial charge in [0.05, 0.1) is 24.5 Å². The monoisotopic (exact) mass is 483 g/mol. The molecule has 0 saturated heterocycles. The summed E-state index contributed by atoms with van der Waals surface area (Å²) in [5, 5.41) is 0. The van der Waals surface area contributed by atoms with E-state index in [2.05, 4.69) is 19.9 Å². The van der Waals surface area contributed by atoms with Gasteiger partial charge in [0, 0.05) is 18.5 Å². The molecule has 4 rings (SSSR count). The molecule has 4 aromatic heterocycles. The second-order valence-corrected chi connectivity index (χ2v) is 7.51. The number of pyridine rings is 2. The average Bonchev–Trinajstić information content (AvgIpc) is 2.79. The highest BCUT2D eigenvalue weighted by atomic mass is 32.1. The number of nitrogens with two attached hydrogens (primary N) is 3. The van der Waals surface area contributed by atoms with E-state index in [9.17, 15) is 9.59 Å². The maximum absolute atomic E-state index is 11.3. The molecule has 0 aliphatic carbocycles. The van der Waals surface area contributed by atoms with Crippen molar-refractivity contribution in [3.63, 3.8) is 0 Å². The number of H-pyrrole nitrogens is 2. The molecule has 4 aromatic rings. The van der Waals surface area contributed by atoms with Crippen molar-refractivity contribution in [1.82, 2.24) is 29.1 Å². The van der Waals surface area contributed by atoms with E-state index < -0.39 is 5.56 Å². The molecule has 0 radical (unpaired) electrons. The maximum atomic E-state index is 11.3. The minimum Gasteiger partial charge on any atom is -0.391 e. The fourth-order valence-electron chi connectivity index (χ4n) is 2.77.